The summed E-state index contributed by atoms with van der Waals surface area (Å²) in [6.07, 6.45) is 4.07. The first-order valence-electron chi connectivity index (χ1n) is 5.88. The van der Waals surface area contributed by atoms with Crippen molar-refractivity contribution >= 4 is 12.1 Å². The third-order valence-corrected chi connectivity index (χ3v) is 3.13. The Kier molecular flexibility index (Phi) is 3.74. The molecule has 3 nitrogen and oxygen atoms in total. The highest BCUT2D eigenvalue weighted by Gasteiger charge is 2.22. The minimum absolute atomic E-state index is 0.114. The fraction of sp³-hybridized carbons (Fsp3) is 0.462. The quantitative estimate of drug-likeness (QED) is 0.747. The van der Waals surface area contributed by atoms with E-state index < -0.39 is 11.9 Å². The van der Waals surface area contributed by atoms with Gasteiger partial charge in [-0.1, -0.05) is 18.9 Å². The highest BCUT2D eigenvalue weighted by atomic mass is 19.1. The molecule has 1 fully saturated rings. The average Bonchev–Trinajstić information content (AvgIpc) is 3.13. The van der Waals surface area contributed by atoms with Gasteiger partial charge in [-0.05, 0) is 36.5 Å². The Morgan fingerprint density at radius 3 is 2.94 bits per heavy atom. The smallest absolute Gasteiger partial charge is 0.211 e. The van der Waals surface area contributed by atoms with Crippen LogP contribution in [0.1, 0.15) is 37.4 Å². The predicted octanol–water partition coefficient (Wildman–Crippen LogP) is 2.62. The van der Waals surface area contributed by atoms with E-state index in [0.29, 0.717) is 18.4 Å². The Labute approximate surface area is 99.7 Å². The van der Waals surface area contributed by atoms with E-state index in [1.54, 1.807) is 6.07 Å². The van der Waals surface area contributed by atoms with Gasteiger partial charge in [0, 0.05) is 0 Å². The minimum Gasteiger partial charge on any atom is -0.388 e. The van der Waals surface area contributed by atoms with E-state index >= 15 is 0 Å². The summed E-state index contributed by atoms with van der Waals surface area (Å²) < 4.78 is 13.2. The van der Waals surface area contributed by atoms with Gasteiger partial charge in [0.15, 0.2) is 0 Å². The van der Waals surface area contributed by atoms with Crippen LogP contribution >= 0.6 is 0 Å². The molecular formula is C13H16FNO2. The van der Waals surface area contributed by atoms with Crippen LogP contribution in [0.5, 0.6) is 0 Å². The molecule has 1 atom stereocenters. The Balaban J connectivity index is 2.02. The van der Waals surface area contributed by atoms with Crippen molar-refractivity contribution in [2.24, 2.45) is 5.92 Å². The van der Waals surface area contributed by atoms with Gasteiger partial charge in [0.25, 0.3) is 0 Å². The van der Waals surface area contributed by atoms with Crippen molar-refractivity contribution < 1.29 is 14.3 Å². The van der Waals surface area contributed by atoms with Crippen molar-refractivity contribution in [3.8, 4) is 0 Å². The molecule has 1 aromatic carbocycles. The molecule has 2 rings (SSSR count). The molecule has 0 aliphatic heterocycles. The van der Waals surface area contributed by atoms with E-state index in [1.807, 2.05) is 0 Å². The van der Waals surface area contributed by atoms with Gasteiger partial charge in [-0.25, -0.2) is 4.39 Å². The number of benzene rings is 1. The van der Waals surface area contributed by atoms with E-state index in [-0.39, 0.29) is 5.69 Å². The monoisotopic (exact) mass is 237 g/mol. The molecule has 0 bridgehead atoms. The lowest BCUT2D eigenvalue weighted by Gasteiger charge is -2.12. The molecule has 0 aromatic heterocycles. The molecule has 1 unspecified atom stereocenters. The molecule has 2 N–H and O–H groups in total. The van der Waals surface area contributed by atoms with Gasteiger partial charge in [-0.2, -0.15) is 0 Å². The Morgan fingerprint density at radius 1 is 1.53 bits per heavy atom. The molecule has 0 saturated heterocycles. The van der Waals surface area contributed by atoms with E-state index in [4.69, 9.17) is 0 Å². The van der Waals surface area contributed by atoms with Gasteiger partial charge >= 0.3 is 0 Å². The summed E-state index contributed by atoms with van der Waals surface area (Å²) in [5, 5.41) is 12.2. The van der Waals surface area contributed by atoms with E-state index in [9.17, 15) is 14.3 Å². The van der Waals surface area contributed by atoms with Crippen LogP contribution in [0.15, 0.2) is 18.2 Å². The van der Waals surface area contributed by atoms with Crippen LogP contribution in [0.2, 0.25) is 0 Å². The Morgan fingerprint density at radius 2 is 2.29 bits per heavy atom. The van der Waals surface area contributed by atoms with Crippen LogP contribution in [-0.4, -0.2) is 11.5 Å². The topological polar surface area (TPSA) is 49.3 Å². The Bertz CT molecular complexity index is 404. The second-order valence-electron chi connectivity index (χ2n) is 4.54. The van der Waals surface area contributed by atoms with Crippen LogP contribution in [0, 0.1) is 11.7 Å². The number of anilines is 1. The SMILES string of the molecule is O=CNc1cc(C(O)CCC2CC2)ccc1F. The van der Waals surface area contributed by atoms with Crippen molar-refractivity contribution in [2.75, 3.05) is 5.32 Å². The van der Waals surface area contributed by atoms with Gasteiger partial charge in [-0.3, -0.25) is 4.79 Å². The second-order valence-corrected chi connectivity index (χ2v) is 4.54. The molecule has 0 heterocycles. The number of hydrogen-bond donors (Lipinski definition) is 2. The largest absolute Gasteiger partial charge is 0.388 e. The fourth-order valence-electron chi connectivity index (χ4n) is 1.89. The van der Waals surface area contributed by atoms with Gasteiger partial charge in [-0.15, -0.1) is 0 Å². The number of carbonyl (C=O) groups is 1. The molecule has 0 radical (unpaired) electrons. The summed E-state index contributed by atoms with van der Waals surface area (Å²) in [5.41, 5.74) is 0.763. The summed E-state index contributed by atoms with van der Waals surface area (Å²) >= 11 is 0. The zero-order chi connectivity index (χ0) is 12.3. The molecule has 92 valence electrons. The van der Waals surface area contributed by atoms with Crippen molar-refractivity contribution in [3.63, 3.8) is 0 Å². The number of hydrogen-bond acceptors (Lipinski definition) is 2. The summed E-state index contributed by atoms with van der Waals surface area (Å²) in [6.45, 7) is 0. The number of aliphatic hydroxyl groups excluding tert-OH is 1. The lowest BCUT2D eigenvalue weighted by molar-refractivity contribution is -0.105. The average molecular weight is 237 g/mol. The highest BCUT2D eigenvalue weighted by molar-refractivity contribution is 5.71. The third kappa shape index (κ3) is 3.27. The van der Waals surface area contributed by atoms with Crippen LogP contribution in [0.4, 0.5) is 10.1 Å². The van der Waals surface area contributed by atoms with E-state index in [0.717, 1.165) is 12.3 Å². The molecule has 4 heteroatoms. The van der Waals surface area contributed by atoms with E-state index in [2.05, 4.69) is 5.32 Å². The van der Waals surface area contributed by atoms with Crippen molar-refractivity contribution in [2.45, 2.75) is 31.8 Å². The molecule has 1 aliphatic rings. The molecule has 0 spiro atoms. The number of nitrogens with one attached hydrogen (secondary N) is 1. The summed E-state index contributed by atoms with van der Waals surface area (Å²) in [5.74, 6) is 0.271. The van der Waals surface area contributed by atoms with Crippen LogP contribution in [0.3, 0.4) is 0 Å². The summed E-state index contributed by atoms with van der Waals surface area (Å²) in [7, 11) is 0. The fourth-order valence-corrected chi connectivity index (χ4v) is 1.89. The standard InChI is InChI=1S/C13H16FNO2/c14-11-5-4-10(7-12(11)15-8-16)13(17)6-3-9-1-2-9/h4-5,7-9,13,17H,1-3,6H2,(H,15,16). The first kappa shape index (κ1) is 12.0. The van der Waals surface area contributed by atoms with Crippen molar-refractivity contribution in [3.05, 3.63) is 29.6 Å². The number of aliphatic hydroxyl groups is 1. The second kappa shape index (κ2) is 5.27. The van der Waals surface area contributed by atoms with Gasteiger partial charge in [0.2, 0.25) is 6.41 Å². The summed E-state index contributed by atoms with van der Waals surface area (Å²) in [4.78, 5) is 10.3. The lowest BCUT2D eigenvalue weighted by atomic mass is 10.0. The van der Waals surface area contributed by atoms with Crippen LogP contribution in [0.25, 0.3) is 0 Å². The first-order valence-corrected chi connectivity index (χ1v) is 5.88. The highest BCUT2D eigenvalue weighted by Crippen LogP contribution is 2.36. The van der Waals surface area contributed by atoms with Gasteiger partial charge < -0.3 is 10.4 Å². The van der Waals surface area contributed by atoms with Crippen LogP contribution in [-0.2, 0) is 4.79 Å². The van der Waals surface area contributed by atoms with Crippen molar-refractivity contribution in [1.82, 2.24) is 0 Å². The van der Waals surface area contributed by atoms with Crippen molar-refractivity contribution in [1.29, 1.82) is 0 Å². The zero-order valence-electron chi connectivity index (χ0n) is 9.53. The molecule has 1 aliphatic carbocycles. The third-order valence-electron chi connectivity index (χ3n) is 3.13. The molecule has 17 heavy (non-hydrogen) atoms. The lowest BCUT2D eigenvalue weighted by Crippen LogP contribution is -2.02. The Hall–Kier alpha value is -1.42. The molecular weight excluding hydrogens is 221 g/mol. The maximum Gasteiger partial charge on any atom is 0.211 e. The number of carbonyl (C=O) groups excluding carboxylic acids is 1. The number of amides is 1. The first-order chi connectivity index (χ1) is 8.20. The molecule has 1 amide bonds. The zero-order valence-corrected chi connectivity index (χ0v) is 9.53. The minimum atomic E-state index is -0.580. The predicted molar refractivity (Wildman–Crippen MR) is 63.0 cm³/mol. The van der Waals surface area contributed by atoms with Gasteiger partial charge in [0.05, 0.1) is 11.8 Å². The molecule has 1 saturated carbocycles. The van der Waals surface area contributed by atoms with Crippen LogP contribution < -0.4 is 5.32 Å². The van der Waals surface area contributed by atoms with Gasteiger partial charge in [0.1, 0.15) is 5.82 Å². The maximum absolute atomic E-state index is 13.2. The summed E-state index contributed by atoms with van der Waals surface area (Å²) in [6, 6.07) is 4.31. The normalized spacial score (nSPS) is 16.6. The maximum atomic E-state index is 13.2. The number of halogens is 1. The number of rotatable bonds is 6. The molecule has 1 aromatic rings. The van der Waals surface area contributed by atoms with E-state index in [1.165, 1.54) is 25.0 Å².